The summed E-state index contributed by atoms with van der Waals surface area (Å²) in [7, 11) is 0. The van der Waals surface area contributed by atoms with Crippen molar-refractivity contribution in [3.8, 4) is 0 Å². The third-order valence-electron chi connectivity index (χ3n) is 0. The van der Waals surface area contributed by atoms with Crippen molar-refractivity contribution >= 4 is 0 Å². The molecule has 0 atom stereocenters. The van der Waals surface area contributed by atoms with Crippen LogP contribution in [0, 0.1) is 0 Å². The molecular formula is H17Mo2NNa2O6. The molecule has 0 aliphatic carbocycles. The third kappa shape index (κ3) is 168. The first-order valence-electron chi connectivity index (χ1n) is 0. The van der Waals surface area contributed by atoms with Crippen LogP contribution in [0.4, 0.5) is 0 Å². The smallest absolute Gasteiger partial charge is 1.00 e. The zero-order valence-corrected chi connectivity index (χ0v) is 14.5. The predicted molar refractivity (Wildman–Crippen MR) is 28.9 cm³/mol. The molecule has 0 bridgehead atoms. The Morgan fingerprint density at radius 2 is 0.455 bits per heavy atom. The van der Waals surface area contributed by atoms with Gasteiger partial charge in [0.15, 0.2) is 0 Å². The summed E-state index contributed by atoms with van der Waals surface area (Å²) in [6, 6.07) is 0. The summed E-state index contributed by atoms with van der Waals surface area (Å²) < 4.78 is 0. The zero-order chi connectivity index (χ0) is 0. The molecule has 0 aromatic carbocycles. The maximum absolute atomic E-state index is 0. The van der Waals surface area contributed by atoms with Gasteiger partial charge in [0.1, 0.15) is 0 Å². The minimum absolute atomic E-state index is 0. The van der Waals surface area contributed by atoms with Crippen molar-refractivity contribution in [2.24, 2.45) is 0 Å². The Labute approximate surface area is 141 Å². The Morgan fingerprint density at radius 1 is 0.455 bits per heavy atom. The minimum atomic E-state index is 0. The van der Waals surface area contributed by atoms with E-state index in [1.165, 1.54) is 0 Å². The van der Waals surface area contributed by atoms with Crippen molar-refractivity contribution in [3.63, 3.8) is 0 Å². The molecule has 15 N–H and O–H groups in total. The Bertz CT molecular complexity index is 26.6. The molecule has 0 rings (SSSR count). The fourth-order valence-corrected chi connectivity index (χ4v) is 0. The van der Waals surface area contributed by atoms with E-state index in [2.05, 4.69) is 0 Å². The van der Waals surface area contributed by atoms with Gasteiger partial charge in [0.2, 0.25) is 0 Å². The van der Waals surface area contributed by atoms with Crippen LogP contribution in [0.25, 0.3) is 0 Å². The van der Waals surface area contributed by atoms with Crippen LogP contribution in [0.15, 0.2) is 0 Å². The quantitative estimate of drug-likeness (QED) is 0.405. The molecule has 0 amide bonds. The molecule has 72 valence electrons. The zero-order valence-electron chi connectivity index (χ0n) is 8.52. The van der Waals surface area contributed by atoms with Gasteiger partial charge >= 0.3 is 59.1 Å². The largest absolute Gasteiger partial charge is 1.00 e. The van der Waals surface area contributed by atoms with Gasteiger partial charge in [-0.15, -0.1) is 0 Å². The molecule has 11 heavy (non-hydrogen) atoms. The molecule has 0 radical (unpaired) electrons. The molecular weight excluding hydrogens is 348 g/mol. The summed E-state index contributed by atoms with van der Waals surface area (Å²) >= 11 is 0. The van der Waals surface area contributed by atoms with Crippen LogP contribution in [-0.4, -0.2) is 32.9 Å². The van der Waals surface area contributed by atoms with Gasteiger partial charge in [0, 0.05) is 42.1 Å². The Hall–Kier alpha value is 3.10. The van der Waals surface area contributed by atoms with Crippen molar-refractivity contribution < 1.29 is 137 Å². The summed E-state index contributed by atoms with van der Waals surface area (Å²) in [4.78, 5) is 0. The van der Waals surface area contributed by atoms with Crippen LogP contribution >= 0.6 is 0 Å². The van der Waals surface area contributed by atoms with Gasteiger partial charge < -0.3 is 41.9 Å². The van der Waals surface area contributed by atoms with Crippen molar-refractivity contribution in [1.29, 1.82) is 0 Å². The SMILES string of the molecule is N.O.O.O.O.O.O.[H-].[H-].[Mo].[Mo].[Na+].[Na+]. The third-order valence-corrected chi connectivity index (χ3v) is 0. The Balaban J connectivity index is 0. The molecule has 0 saturated carbocycles. The van der Waals surface area contributed by atoms with E-state index in [9.17, 15) is 0 Å². The second-order valence-corrected chi connectivity index (χ2v) is 0. The Morgan fingerprint density at radius 3 is 0.455 bits per heavy atom. The van der Waals surface area contributed by atoms with Crippen LogP contribution < -0.4 is 65.3 Å². The van der Waals surface area contributed by atoms with E-state index in [1.807, 2.05) is 0 Å². The molecule has 11 heteroatoms. The molecule has 0 fully saturated rings. The van der Waals surface area contributed by atoms with Gasteiger partial charge in [0.05, 0.1) is 0 Å². The Kier molecular flexibility index (Phi) is 4580. The normalized spacial score (nSPS) is 0. The van der Waals surface area contributed by atoms with Gasteiger partial charge in [0.25, 0.3) is 0 Å². The van der Waals surface area contributed by atoms with Crippen LogP contribution in [-0.2, 0) is 42.1 Å². The molecule has 0 unspecified atom stereocenters. The van der Waals surface area contributed by atoms with Gasteiger partial charge in [-0.3, -0.25) is 0 Å². The monoisotopic (exact) mass is 369 g/mol. The van der Waals surface area contributed by atoms with E-state index < -0.39 is 0 Å². The molecule has 0 aliphatic rings. The molecule has 7 nitrogen and oxygen atoms in total. The fraction of sp³-hybridized carbons (Fsp3) is 0. The van der Waals surface area contributed by atoms with E-state index in [-0.39, 0.29) is 143 Å². The second kappa shape index (κ2) is 200. The molecule has 0 heterocycles. The summed E-state index contributed by atoms with van der Waals surface area (Å²) in [5.74, 6) is 0. The van der Waals surface area contributed by atoms with Gasteiger partial charge in [-0.05, 0) is 0 Å². The summed E-state index contributed by atoms with van der Waals surface area (Å²) in [5.41, 5.74) is 0. The molecule has 0 aromatic heterocycles. The van der Waals surface area contributed by atoms with Crippen LogP contribution in [0.2, 0.25) is 0 Å². The first kappa shape index (κ1) is 252. The molecule has 0 aliphatic heterocycles. The number of hydrogen-bond donors (Lipinski definition) is 1. The average molecular weight is 365 g/mol. The predicted octanol–water partition coefficient (Wildman–Crippen LogP) is -10.6. The maximum atomic E-state index is 0. The van der Waals surface area contributed by atoms with Gasteiger partial charge in [-0.25, -0.2) is 0 Å². The first-order chi connectivity index (χ1) is 0. The number of rotatable bonds is 0. The van der Waals surface area contributed by atoms with Crippen LogP contribution in [0.5, 0.6) is 0 Å². The van der Waals surface area contributed by atoms with Crippen LogP contribution in [0.3, 0.4) is 0 Å². The van der Waals surface area contributed by atoms with E-state index >= 15 is 0 Å². The van der Waals surface area contributed by atoms with E-state index in [4.69, 9.17) is 0 Å². The molecule has 0 spiro atoms. The van der Waals surface area contributed by atoms with Crippen molar-refractivity contribution in [2.45, 2.75) is 0 Å². The first-order valence-corrected chi connectivity index (χ1v) is 0. The topological polar surface area (TPSA) is 224 Å². The minimum Gasteiger partial charge on any atom is -1.00 e. The van der Waals surface area contributed by atoms with E-state index in [0.29, 0.717) is 0 Å². The van der Waals surface area contributed by atoms with E-state index in [1.54, 1.807) is 0 Å². The van der Waals surface area contributed by atoms with Crippen LogP contribution in [0.1, 0.15) is 2.85 Å². The van der Waals surface area contributed by atoms with Gasteiger partial charge in [-0.2, -0.15) is 0 Å². The fourth-order valence-electron chi connectivity index (χ4n) is 0. The average Bonchev–Trinajstić information content (AvgIpc) is 0. The van der Waals surface area contributed by atoms with Crippen molar-refractivity contribution in [1.82, 2.24) is 6.15 Å². The summed E-state index contributed by atoms with van der Waals surface area (Å²) in [6.45, 7) is 0. The summed E-state index contributed by atoms with van der Waals surface area (Å²) in [5, 5.41) is 0. The van der Waals surface area contributed by atoms with E-state index in [0.717, 1.165) is 0 Å². The van der Waals surface area contributed by atoms with Crippen molar-refractivity contribution in [2.75, 3.05) is 0 Å². The molecule has 0 aromatic rings. The standard InChI is InChI=1S/2Mo.H3N.2Na.6H2O.2H/h;;1H3;;;6*1H2;;/q;;;2*+1;;;;;;;2*-1. The summed E-state index contributed by atoms with van der Waals surface area (Å²) in [6.07, 6.45) is 0. The second-order valence-electron chi connectivity index (χ2n) is 0. The van der Waals surface area contributed by atoms with Gasteiger partial charge in [-0.1, -0.05) is 0 Å². The maximum Gasteiger partial charge on any atom is 1.00 e. The molecule has 0 saturated heterocycles. The van der Waals surface area contributed by atoms with Crippen molar-refractivity contribution in [3.05, 3.63) is 0 Å². The number of hydrogen-bond acceptors (Lipinski definition) is 1.